The lowest BCUT2D eigenvalue weighted by atomic mass is 10.1. The van der Waals surface area contributed by atoms with E-state index in [4.69, 9.17) is 9.47 Å². The SMILES string of the molecule is Cc1ccc(C)c(OCC(=O)Oc2ccc(F)cc2)c1C. The van der Waals surface area contributed by atoms with Gasteiger partial charge in [0.15, 0.2) is 6.61 Å². The Kier molecular flexibility index (Phi) is 4.58. The highest BCUT2D eigenvalue weighted by molar-refractivity contribution is 5.74. The van der Waals surface area contributed by atoms with Gasteiger partial charge < -0.3 is 9.47 Å². The second kappa shape index (κ2) is 6.39. The van der Waals surface area contributed by atoms with Gasteiger partial charge in [0, 0.05) is 0 Å². The zero-order chi connectivity index (χ0) is 15.4. The largest absolute Gasteiger partial charge is 0.481 e. The maximum absolute atomic E-state index is 12.8. The van der Waals surface area contributed by atoms with E-state index < -0.39 is 5.97 Å². The first kappa shape index (κ1) is 15.0. The Bertz CT molecular complexity index is 648. The van der Waals surface area contributed by atoms with E-state index in [2.05, 4.69) is 0 Å². The highest BCUT2D eigenvalue weighted by atomic mass is 19.1. The molecule has 2 aromatic rings. The van der Waals surface area contributed by atoms with E-state index in [9.17, 15) is 9.18 Å². The summed E-state index contributed by atoms with van der Waals surface area (Å²) >= 11 is 0. The molecular weight excluding hydrogens is 271 g/mol. The molecule has 110 valence electrons. The van der Waals surface area contributed by atoms with Crippen LogP contribution in [0.4, 0.5) is 4.39 Å². The highest BCUT2D eigenvalue weighted by Gasteiger charge is 2.10. The molecule has 0 radical (unpaired) electrons. The molecule has 0 aliphatic carbocycles. The first-order chi connectivity index (χ1) is 9.97. The van der Waals surface area contributed by atoms with Crippen LogP contribution in [0.3, 0.4) is 0 Å². The first-order valence-electron chi connectivity index (χ1n) is 6.63. The van der Waals surface area contributed by atoms with Gasteiger partial charge in [0.2, 0.25) is 0 Å². The summed E-state index contributed by atoms with van der Waals surface area (Å²) in [5.74, 6) is 0.0905. The van der Waals surface area contributed by atoms with E-state index in [1.165, 1.54) is 24.3 Å². The summed E-state index contributed by atoms with van der Waals surface area (Å²) in [5, 5.41) is 0. The summed E-state index contributed by atoms with van der Waals surface area (Å²) in [4.78, 5) is 11.7. The van der Waals surface area contributed by atoms with Crippen LogP contribution >= 0.6 is 0 Å². The van der Waals surface area contributed by atoms with E-state index in [0.717, 1.165) is 16.7 Å². The van der Waals surface area contributed by atoms with Gasteiger partial charge in [-0.3, -0.25) is 0 Å². The van der Waals surface area contributed by atoms with Gasteiger partial charge in [-0.2, -0.15) is 0 Å². The van der Waals surface area contributed by atoms with E-state index in [1.807, 2.05) is 32.9 Å². The lowest BCUT2D eigenvalue weighted by molar-refractivity contribution is -0.136. The summed E-state index contributed by atoms with van der Waals surface area (Å²) in [5.41, 5.74) is 3.07. The number of hydrogen-bond acceptors (Lipinski definition) is 3. The number of rotatable bonds is 4. The Morgan fingerprint density at radius 2 is 1.62 bits per heavy atom. The molecule has 0 fully saturated rings. The smallest absolute Gasteiger partial charge is 0.349 e. The highest BCUT2D eigenvalue weighted by Crippen LogP contribution is 2.25. The van der Waals surface area contributed by atoms with Crippen LogP contribution < -0.4 is 9.47 Å². The zero-order valence-electron chi connectivity index (χ0n) is 12.3. The molecule has 21 heavy (non-hydrogen) atoms. The van der Waals surface area contributed by atoms with Gasteiger partial charge in [-0.15, -0.1) is 0 Å². The second-order valence-corrected chi connectivity index (χ2v) is 4.87. The maximum atomic E-state index is 12.8. The lowest BCUT2D eigenvalue weighted by Crippen LogP contribution is -2.18. The van der Waals surface area contributed by atoms with Crippen LogP contribution in [0.1, 0.15) is 16.7 Å². The van der Waals surface area contributed by atoms with E-state index in [1.54, 1.807) is 0 Å². The summed E-state index contributed by atoms with van der Waals surface area (Å²) < 4.78 is 23.4. The average molecular weight is 288 g/mol. The van der Waals surface area contributed by atoms with Crippen LogP contribution in [-0.2, 0) is 4.79 Å². The summed E-state index contributed by atoms with van der Waals surface area (Å²) in [6, 6.07) is 9.22. The zero-order valence-corrected chi connectivity index (χ0v) is 12.3. The number of halogens is 1. The van der Waals surface area contributed by atoms with E-state index in [-0.39, 0.29) is 12.4 Å². The minimum absolute atomic E-state index is 0.192. The van der Waals surface area contributed by atoms with Gasteiger partial charge in [-0.25, -0.2) is 9.18 Å². The predicted octanol–water partition coefficient (Wildman–Crippen LogP) is 3.74. The maximum Gasteiger partial charge on any atom is 0.349 e. The van der Waals surface area contributed by atoms with Crippen molar-refractivity contribution in [2.75, 3.05) is 6.61 Å². The molecule has 0 amide bonds. The number of ether oxygens (including phenoxy) is 2. The second-order valence-electron chi connectivity index (χ2n) is 4.87. The van der Waals surface area contributed by atoms with Crippen LogP contribution in [0.2, 0.25) is 0 Å². The van der Waals surface area contributed by atoms with Gasteiger partial charge in [0.1, 0.15) is 17.3 Å². The fraction of sp³-hybridized carbons (Fsp3) is 0.235. The van der Waals surface area contributed by atoms with Crippen LogP contribution in [0.25, 0.3) is 0 Å². The molecule has 2 aromatic carbocycles. The number of carbonyl (C=O) groups is 1. The molecule has 0 heterocycles. The van der Waals surface area contributed by atoms with Crippen LogP contribution in [0, 0.1) is 26.6 Å². The Labute approximate surface area is 123 Å². The topological polar surface area (TPSA) is 35.5 Å². The van der Waals surface area contributed by atoms with Crippen molar-refractivity contribution in [2.45, 2.75) is 20.8 Å². The van der Waals surface area contributed by atoms with Crippen LogP contribution in [-0.4, -0.2) is 12.6 Å². The van der Waals surface area contributed by atoms with Gasteiger partial charge >= 0.3 is 5.97 Å². The summed E-state index contributed by atoms with van der Waals surface area (Å²) in [7, 11) is 0. The predicted molar refractivity (Wildman–Crippen MR) is 78.2 cm³/mol. The molecule has 0 aliphatic rings. The third-order valence-electron chi connectivity index (χ3n) is 3.25. The Morgan fingerprint density at radius 1 is 1.00 bits per heavy atom. The molecule has 0 spiro atoms. The molecule has 0 atom stereocenters. The quantitative estimate of drug-likeness (QED) is 0.635. The fourth-order valence-electron chi connectivity index (χ4n) is 1.94. The first-order valence-corrected chi connectivity index (χ1v) is 6.63. The van der Waals surface area contributed by atoms with E-state index >= 15 is 0 Å². The van der Waals surface area contributed by atoms with Crippen LogP contribution in [0.15, 0.2) is 36.4 Å². The average Bonchev–Trinajstić information content (AvgIpc) is 2.45. The number of esters is 1. The standard InChI is InChI=1S/C17H17FO3/c1-11-4-5-12(2)17(13(11)3)20-10-16(19)21-15-8-6-14(18)7-9-15/h4-9H,10H2,1-3H3. The van der Waals surface area contributed by atoms with Gasteiger partial charge in [-0.05, 0) is 61.7 Å². The normalized spacial score (nSPS) is 10.3. The molecule has 0 N–H and O–H groups in total. The monoisotopic (exact) mass is 288 g/mol. The van der Waals surface area contributed by atoms with Gasteiger partial charge in [0.05, 0.1) is 0 Å². The molecule has 3 nitrogen and oxygen atoms in total. The molecule has 0 saturated heterocycles. The molecular formula is C17H17FO3. The fourth-order valence-corrected chi connectivity index (χ4v) is 1.94. The Morgan fingerprint density at radius 3 is 2.29 bits per heavy atom. The molecule has 0 aliphatic heterocycles. The Balaban J connectivity index is 1.98. The van der Waals surface area contributed by atoms with Crippen molar-refractivity contribution in [3.05, 3.63) is 58.9 Å². The van der Waals surface area contributed by atoms with Gasteiger partial charge in [0.25, 0.3) is 0 Å². The van der Waals surface area contributed by atoms with Crippen molar-refractivity contribution in [1.29, 1.82) is 0 Å². The van der Waals surface area contributed by atoms with Crippen molar-refractivity contribution >= 4 is 5.97 Å². The molecule has 0 aromatic heterocycles. The molecule has 0 unspecified atom stereocenters. The third kappa shape index (κ3) is 3.81. The van der Waals surface area contributed by atoms with Crippen molar-refractivity contribution in [3.63, 3.8) is 0 Å². The number of aryl methyl sites for hydroxylation is 2. The minimum Gasteiger partial charge on any atom is -0.481 e. The van der Waals surface area contributed by atoms with Crippen molar-refractivity contribution in [2.24, 2.45) is 0 Å². The molecule has 2 rings (SSSR count). The van der Waals surface area contributed by atoms with Crippen molar-refractivity contribution in [3.8, 4) is 11.5 Å². The summed E-state index contributed by atoms with van der Waals surface area (Å²) in [6.45, 7) is 5.66. The molecule has 4 heteroatoms. The lowest BCUT2D eigenvalue weighted by Gasteiger charge is -2.13. The number of benzene rings is 2. The number of carbonyl (C=O) groups excluding carboxylic acids is 1. The van der Waals surface area contributed by atoms with Crippen molar-refractivity contribution in [1.82, 2.24) is 0 Å². The van der Waals surface area contributed by atoms with E-state index in [0.29, 0.717) is 11.5 Å². The molecule has 0 saturated carbocycles. The minimum atomic E-state index is -0.526. The Hall–Kier alpha value is -2.36. The number of hydrogen-bond donors (Lipinski definition) is 0. The van der Waals surface area contributed by atoms with Crippen molar-refractivity contribution < 1.29 is 18.7 Å². The summed E-state index contributed by atoms with van der Waals surface area (Å²) in [6.07, 6.45) is 0. The van der Waals surface area contributed by atoms with Gasteiger partial charge in [-0.1, -0.05) is 12.1 Å². The molecule has 0 bridgehead atoms. The third-order valence-corrected chi connectivity index (χ3v) is 3.25. The van der Waals surface area contributed by atoms with Crippen LogP contribution in [0.5, 0.6) is 11.5 Å².